The lowest BCUT2D eigenvalue weighted by molar-refractivity contribution is -0.142. The summed E-state index contributed by atoms with van der Waals surface area (Å²) in [6.45, 7) is 0. The Morgan fingerprint density at radius 2 is 0.536 bits per heavy atom. The molecule has 0 fully saturated rings. The Labute approximate surface area is 384 Å². The van der Waals surface area contributed by atoms with Crippen molar-refractivity contribution >= 4 is 0 Å². The van der Waals surface area contributed by atoms with Crippen molar-refractivity contribution < 1.29 is 39.5 Å². The number of aromatic amines is 3. The normalized spacial score (nSPS) is 12.1. The second-order valence-corrected chi connectivity index (χ2v) is 15.7. The summed E-state index contributed by atoms with van der Waals surface area (Å²) < 4.78 is 120. The molecular formula is C51H30F9N9. The van der Waals surface area contributed by atoms with Gasteiger partial charge in [-0.1, -0.05) is 91.0 Å². The molecule has 10 rings (SSSR count). The Kier molecular flexibility index (Phi) is 11.0. The molecule has 3 N–H and O–H groups in total. The molecule has 0 amide bonds. The van der Waals surface area contributed by atoms with Gasteiger partial charge in [0.1, 0.15) is 0 Å². The van der Waals surface area contributed by atoms with Crippen LogP contribution in [0.4, 0.5) is 39.5 Å². The second-order valence-electron chi connectivity index (χ2n) is 15.7. The monoisotopic (exact) mass is 939 g/mol. The van der Waals surface area contributed by atoms with Crippen molar-refractivity contribution in [3.05, 3.63) is 181 Å². The van der Waals surface area contributed by atoms with Crippen LogP contribution in [0.25, 0.3) is 101 Å². The molecule has 342 valence electrons. The van der Waals surface area contributed by atoms with Gasteiger partial charge in [0, 0.05) is 35.3 Å². The fourth-order valence-corrected chi connectivity index (χ4v) is 7.99. The number of benzene rings is 4. The smallest absolute Gasteiger partial charge is 0.276 e. The summed E-state index contributed by atoms with van der Waals surface area (Å²) >= 11 is 0. The molecule has 0 saturated carbocycles. The number of rotatable bonds is 9. The van der Waals surface area contributed by atoms with Crippen molar-refractivity contribution in [1.82, 2.24) is 45.5 Å². The number of aromatic nitrogens is 9. The summed E-state index contributed by atoms with van der Waals surface area (Å²) in [7, 11) is 0. The molecule has 0 saturated heterocycles. The number of halogens is 9. The van der Waals surface area contributed by atoms with Gasteiger partial charge in [0.25, 0.3) is 0 Å². The molecule has 0 aliphatic rings. The largest absolute Gasteiger partial charge is 0.435 e. The maximum Gasteiger partial charge on any atom is 0.435 e. The molecule has 0 atom stereocenters. The van der Waals surface area contributed by atoms with E-state index in [1.807, 2.05) is 91.0 Å². The first-order valence-electron chi connectivity index (χ1n) is 20.8. The van der Waals surface area contributed by atoms with Crippen molar-refractivity contribution in [3.8, 4) is 101 Å². The van der Waals surface area contributed by atoms with E-state index in [9.17, 15) is 39.5 Å². The standard InChI is InChI=1S/C51H30F9N9/c52-49(53,54)46-22-43(64-67-46)40-16-13-28(25-61-40)34-7-1-4-10-37(34)31-19-32(38-11-5-2-8-35(38)29-14-17-41(62-26-29)44-23-47(68-65-44)50(55,56)57)21-33(20-31)39-12-6-3-9-36(39)30-15-18-42(63-27-30)45-24-48(69-66-45)51(58,59)60/h1-27H,(H,64,67)(H,65,68)(H,66,69). The van der Waals surface area contributed by atoms with Gasteiger partial charge in [0.2, 0.25) is 0 Å². The van der Waals surface area contributed by atoms with Crippen LogP contribution in [-0.4, -0.2) is 45.5 Å². The minimum absolute atomic E-state index is 0.0975. The Morgan fingerprint density at radius 1 is 0.290 bits per heavy atom. The van der Waals surface area contributed by atoms with Crippen LogP contribution in [-0.2, 0) is 18.5 Å². The Balaban J connectivity index is 1.08. The molecule has 9 nitrogen and oxygen atoms in total. The van der Waals surface area contributed by atoms with Crippen molar-refractivity contribution in [2.24, 2.45) is 0 Å². The van der Waals surface area contributed by atoms with E-state index in [2.05, 4.69) is 45.5 Å². The van der Waals surface area contributed by atoms with Crippen LogP contribution in [0.5, 0.6) is 0 Å². The van der Waals surface area contributed by atoms with Crippen LogP contribution < -0.4 is 0 Å². The van der Waals surface area contributed by atoms with Gasteiger partial charge in [-0.3, -0.25) is 30.2 Å². The van der Waals surface area contributed by atoms with Crippen LogP contribution in [0.15, 0.2) is 164 Å². The summed E-state index contributed by atoms with van der Waals surface area (Å²) in [6.07, 6.45) is -9.17. The number of hydrogen-bond donors (Lipinski definition) is 3. The van der Waals surface area contributed by atoms with Gasteiger partial charge < -0.3 is 0 Å². The Morgan fingerprint density at radius 3 is 0.739 bits per heavy atom. The molecule has 10 aromatic rings. The van der Waals surface area contributed by atoms with Crippen LogP contribution >= 0.6 is 0 Å². The van der Waals surface area contributed by atoms with Crippen molar-refractivity contribution in [1.29, 1.82) is 0 Å². The zero-order chi connectivity index (χ0) is 48.1. The number of pyridine rings is 3. The van der Waals surface area contributed by atoms with Crippen molar-refractivity contribution in [3.63, 3.8) is 0 Å². The quantitative estimate of drug-likeness (QED) is 0.124. The molecule has 6 heterocycles. The van der Waals surface area contributed by atoms with Crippen molar-refractivity contribution in [2.75, 3.05) is 0 Å². The molecule has 18 heteroatoms. The number of hydrogen-bond acceptors (Lipinski definition) is 6. The van der Waals surface area contributed by atoms with Gasteiger partial charge in [-0.2, -0.15) is 54.8 Å². The van der Waals surface area contributed by atoms with E-state index in [0.717, 1.165) is 68.3 Å². The average molecular weight is 940 g/mol. The first-order chi connectivity index (χ1) is 33.1. The molecule has 0 aliphatic heterocycles. The summed E-state index contributed by atoms with van der Waals surface area (Å²) in [5, 5.41) is 17.4. The first-order valence-corrected chi connectivity index (χ1v) is 20.8. The highest BCUT2D eigenvalue weighted by Gasteiger charge is 2.36. The minimum atomic E-state index is -4.63. The molecule has 0 spiro atoms. The topological polar surface area (TPSA) is 125 Å². The fraction of sp³-hybridized carbons (Fsp3) is 0.0588. The summed E-state index contributed by atoms with van der Waals surface area (Å²) in [6, 6.07) is 41.7. The van der Waals surface area contributed by atoms with Gasteiger partial charge >= 0.3 is 18.5 Å². The van der Waals surface area contributed by atoms with Gasteiger partial charge in [-0.05, 0) is 105 Å². The highest BCUT2D eigenvalue weighted by atomic mass is 19.4. The third kappa shape index (κ3) is 8.98. The lowest BCUT2D eigenvalue weighted by Crippen LogP contribution is -2.04. The van der Waals surface area contributed by atoms with Crippen LogP contribution in [0.3, 0.4) is 0 Å². The molecule has 69 heavy (non-hydrogen) atoms. The summed E-state index contributed by atoms with van der Waals surface area (Å²) in [5.74, 6) is 0. The van der Waals surface area contributed by atoms with E-state index in [0.29, 0.717) is 16.7 Å². The van der Waals surface area contributed by atoms with Gasteiger partial charge in [0.15, 0.2) is 17.1 Å². The molecular weight excluding hydrogens is 910 g/mol. The van der Waals surface area contributed by atoms with Crippen LogP contribution in [0, 0.1) is 0 Å². The van der Waals surface area contributed by atoms with E-state index in [4.69, 9.17) is 0 Å². The van der Waals surface area contributed by atoms with Crippen LogP contribution in [0.1, 0.15) is 17.1 Å². The number of nitrogens with one attached hydrogen (secondary N) is 3. The van der Waals surface area contributed by atoms with E-state index in [1.165, 1.54) is 0 Å². The molecule has 4 aromatic carbocycles. The summed E-state index contributed by atoms with van der Waals surface area (Å²) in [5.41, 5.74) is 6.88. The first kappa shape index (κ1) is 44.2. The molecule has 0 radical (unpaired) electrons. The Bertz CT molecular complexity index is 3080. The predicted octanol–water partition coefficient (Wildman–Crippen LogP) is 14.1. The zero-order valence-electron chi connectivity index (χ0n) is 35.2. The number of H-pyrrole nitrogens is 3. The molecule has 0 aliphatic carbocycles. The fourth-order valence-electron chi connectivity index (χ4n) is 7.99. The highest BCUT2D eigenvalue weighted by Crippen LogP contribution is 2.43. The van der Waals surface area contributed by atoms with E-state index in [-0.39, 0.29) is 34.2 Å². The average Bonchev–Trinajstić information content (AvgIpc) is 4.17. The van der Waals surface area contributed by atoms with Gasteiger partial charge in [0.05, 0.1) is 34.2 Å². The van der Waals surface area contributed by atoms with E-state index in [1.54, 1.807) is 55.0 Å². The third-order valence-corrected chi connectivity index (χ3v) is 11.3. The van der Waals surface area contributed by atoms with E-state index < -0.39 is 35.6 Å². The predicted molar refractivity (Wildman–Crippen MR) is 240 cm³/mol. The minimum Gasteiger partial charge on any atom is -0.276 e. The van der Waals surface area contributed by atoms with Gasteiger partial charge in [-0.25, -0.2) is 0 Å². The van der Waals surface area contributed by atoms with Crippen LogP contribution in [0.2, 0.25) is 0 Å². The number of nitrogens with zero attached hydrogens (tertiary/aromatic N) is 6. The third-order valence-electron chi connectivity index (χ3n) is 11.3. The maximum absolute atomic E-state index is 13.3. The molecule has 0 unspecified atom stereocenters. The van der Waals surface area contributed by atoms with E-state index >= 15 is 0 Å². The number of alkyl halides is 9. The summed E-state index contributed by atoms with van der Waals surface area (Å²) in [4.78, 5) is 13.5. The lowest BCUT2D eigenvalue weighted by atomic mass is 9.86. The maximum atomic E-state index is 13.3. The highest BCUT2D eigenvalue weighted by molar-refractivity contribution is 5.94. The second kappa shape index (κ2) is 17.2. The van der Waals surface area contributed by atoms with Gasteiger partial charge in [-0.15, -0.1) is 0 Å². The van der Waals surface area contributed by atoms with Crippen molar-refractivity contribution in [2.45, 2.75) is 18.5 Å². The molecule has 0 bridgehead atoms. The lowest BCUT2D eigenvalue weighted by Gasteiger charge is -2.18. The SMILES string of the molecule is FC(F)(F)c1cc(-c2ccc(-c3ccccc3-c3cc(-c4ccccc4-c4ccc(-c5cc(C(F)(F)F)n[nH]5)nc4)cc(-c4ccccc4-c4ccc(-c5cc(C(F)(F)F)n[nH]5)nc4)c3)cn2)[nH]n1. The zero-order valence-corrected chi connectivity index (χ0v) is 35.2. The molecule has 6 aromatic heterocycles. The Hall–Kier alpha value is -8.67.